The van der Waals surface area contributed by atoms with Crippen molar-refractivity contribution in [2.75, 3.05) is 0 Å². The quantitative estimate of drug-likeness (QED) is 0.130. The Kier molecular flexibility index (Phi) is 12.2. The van der Waals surface area contributed by atoms with Crippen LogP contribution in [0, 0.1) is 6.92 Å². The van der Waals surface area contributed by atoms with Gasteiger partial charge in [-0.15, -0.1) is 0 Å². The number of pyridine rings is 3. The summed E-state index contributed by atoms with van der Waals surface area (Å²) in [7, 11) is 0. The lowest BCUT2D eigenvalue weighted by molar-refractivity contribution is 1.27. The maximum absolute atomic E-state index is 4.87. The van der Waals surface area contributed by atoms with E-state index < -0.39 is 0 Å². The minimum Gasteiger partial charge on any atom is -0.256 e. The van der Waals surface area contributed by atoms with Gasteiger partial charge in [-0.2, -0.15) is 0 Å². The fourth-order valence-corrected chi connectivity index (χ4v) is 10.0. The summed E-state index contributed by atoms with van der Waals surface area (Å²) >= 11 is 0. The van der Waals surface area contributed by atoms with Gasteiger partial charge in [0.15, 0.2) is 0 Å². The van der Waals surface area contributed by atoms with Gasteiger partial charge in [0.05, 0.1) is 17.1 Å². The van der Waals surface area contributed by atoms with Crippen molar-refractivity contribution in [1.29, 1.82) is 0 Å². The highest BCUT2D eigenvalue weighted by Gasteiger charge is 2.19. The Morgan fingerprint density at radius 1 is 0.205 bits per heavy atom. The average Bonchev–Trinajstić information content (AvgIpc) is 3.48. The second-order valence-electron chi connectivity index (χ2n) is 18.4. The molecule has 73 heavy (non-hydrogen) atoms. The molecule has 0 bridgehead atoms. The van der Waals surface area contributed by atoms with E-state index in [1.54, 1.807) is 0 Å². The predicted molar refractivity (Wildman–Crippen MR) is 304 cm³/mol. The van der Waals surface area contributed by atoms with Crippen molar-refractivity contribution >= 4 is 0 Å². The minimum absolute atomic E-state index is 0.944. The number of aromatic nitrogens is 3. The second-order valence-corrected chi connectivity index (χ2v) is 18.4. The molecule has 9 aromatic carbocycles. The van der Waals surface area contributed by atoms with E-state index in [1.807, 2.05) is 42.9 Å². The molecule has 0 amide bonds. The largest absolute Gasteiger partial charge is 0.256 e. The molecule has 0 radical (unpaired) electrons. The van der Waals surface area contributed by atoms with Crippen LogP contribution >= 0.6 is 0 Å². The van der Waals surface area contributed by atoms with Crippen molar-refractivity contribution in [2.24, 2.45) is 0 Å². The van der Waals surface area contributed by atoms with Crippen LogP contribution in [0.25, 0.3) is 123 Å². The predicted octanol–water partition coefficient (Wildman–Crippen LogP) is 18.5. The third-order valence-corrected chi connectivity index (χ3v) is 13.8. The van der Waals surface area contributed by atoms with Crippen LogP contribution in [0.15, 0.2) is 279 Å². The Bertz CT molecular complexity index is 3700. The van der Waals surface area contributed by atoms with Gasteiger partial charge in [-0.25, -0.2) is 0 Å². The molecule has 3 nitrogen and oxygen atoms in total. The maximum Gasteiger partial charge on any atom is 0.0702 e. The van der Waals surface area contributed by atoms with E-state index in [9.17, 15) is 0 Å². The van der Waals surface area contributed by atoms with Crippen LogP contribution in [0.1, 0.15) is 5.56 Å². The first-order valence-corrected chi connectivity index (χ1v) is 24.8. The topological polar surface area (TPSA) is 38.7 Å². The number of hydrogen-bond donors (Lipinski definition) is 0. The molecule has 0 N–H and O–H groups in total. The molecule has 12 rings (SSSR count). The molecule has 3 aromatic heterocycles. The smallest absolute Gasteiger partial charge is 0.0702 e. The highest BCUT2D eigenvalue weighted by Crippen LogP contribution is 2.45. The van der Waals surface area contributed by atoms with Gasteiger partial charge in [0.1, 0.15) is 0 Å². The molecule has 0 aliphatic rings. The highest BCUT2D eigenvalue weighted by atomic mass is 14.7. The lowest BCUT2D eigenvalue weighted by Gasteiger charge is -2.19. The molecule has 0 aliphatic heterocycles. The van der Waals surface area contributed by atoms with Crippen LogP contribution in [0.4, 0.5) is 0 Å². The second kappa shape index (κ2) is 20.0. The van der Waals surface area contributed by atoms with Gasteiger partial charge >= 0.3 is 0 Å². The van der Waals surface area contributed by atoms with Gasteiger partial charge in [0.25, 0.3) is 0 Å². The van der Waals surface area contributed by atoms with Crippen LogP contribution in [0.3, 0.4) is 0 Å². The van der Waals surface area contributed by atoms with Crippen molar-refractivity contribution in [3.8, 4) is 123 Å². The summed E-state index contributed by atoms with van der Waals surface area (Å²) in [5, 5.41) is 0. The maximum atomic E-state index is 4.87. The van der Waals surface area contributed by atoms with Crippen LogP contribution in [-0.4, -0.2) is 15.0 Å². The third-order valence-electron chi connectivity index (χ3n) is 13.8. The van der Waals surface area contributed by atoms with Crippen molar-refractivity contribution in [1.82, 2.24) is 15.0 Å². The Balaban J connectivity index is 1.03. The van der Waals surface area contributed by atoms with Gasteiger partial charge in [-0.1, -0.05) is 206 Å². The summed E-state index contributed by atoms with van der Waals surface area (Å²) in [6, 6.07) is 93.9. The van der Waals surface area contributed by atoms with Gasteiger partial charge < -0.3 is 0 Å². The molecule has 3 heterocycles. The Morgan fingerprint density at radius 3 is 1.03 bits per heavy atom. The number of rotatable bonds is 11. The van der Waals surface area contributed by atoms with Crippen LogP contribution < -0.4 is 0 Å². The first-order valence-electron chi connectivity index (χ1n) is 24.8. The van der Waals surface area contributed by atoms with E-state index in [0.717, 1.165) is 117 Å². The molecule has 0 fully saturated rings. The molecule has 12 aromatic rings. The van der Waals surface area contributed by atoms with E-state index in [-0.39, 0.29) is 0 Å². The van der Waals surface area contributed by atoms with E-state index in [2.05, 4.69) is 253 Å². The van der Waals surface area contributed by atoms with Gasteiger partial charge in [-0.05, 0) is 156 Å². The molecule has 0 saturated carbocycles. The summed E-state index contributed by atoms with van der Waals surface area (Å²) in [4.78, 5) is 14.1. The van der Waals surface area contributed by atoms with Crippen LogP contribution in [0.5, 0.6) is 0 Å². The van der Waals surface area contributed by atoms with Crippen molar-refractivity contribution < 1.29 is 0 Å². The normalized spacial score (nSPS) is 11.1. The Hall–Kier alpha value is -9.57. The molecule has 344 valence electrons. The lowest BCUT2D eigenvalue weighted by atomic mass is 9.84. The van der Waals surface area contributed by atoms with Crippen molar-refractivity contribution in [3.63, 3.8) is 0 Å². The summed E-state index contributed by atoms with van der Waals surface area (Å²) in [5.74, 6) is 0. The van der Waals surface area contributed by atoms with E-state index in [4.69, 9.17) is 4.98 Å². The zero-order valence-corrected chi connectivity index (χ0v) is 40.4. The van der Waals surface area contributed by atoms with Crippen LogP contribution in [-0.2, 0) is 0 Å². The van der Waals surface area contributed by atoms with E-state index >= 15 is 0 Å². The van der Waals surface area contributed by atoms with Gasteiger partial charge in [0, 0.05) is 35.3 Å². The minimum atomic E-state index is 0.944. The standard InChI is InChI=1S/C70H49N3/c1-48-25-40-70(73-47-48)56-38-39-66(67(46-56)53-28-26-50(27-29-53)49-15-3-2-4-16-49)65-22-10-9-21-64(65)59-44-57(62-19-7-5-17-60(62)51-30-34-54(35-31-51)68-23-11-13-41-71-68)43-58(45-59)63-20-8-6-18-61(63)52-32-36-55(37-33-52)69-24-12-14-42-72-69/h2-47H,1H3. The molecule has 3 heteroatoms. The average molecular weight is 932 g/mol. The summed E-state index contributed by atoms with van der Waals surface area (Å²) in [6.45, 7) is 2.08. The Labute approximate surface area is 427 Å². The molecular formula is C70H49N3. The summed E-state index contributed by atoms with van der Waals surface area (Å²) in [5.41, 5.74) is 25.6. The number of benzene rings is 9. The number of nitrogens with zero attached hydrogens (tertiary/aromatic N) is 3. The first kappa shape index (κ1) is 44.6. The van der Waals surface area contributed by atoms with Crippen LogP contribution in [0.2, 0.25) is 0 Å². The van der Waals surface area contributed by atoms with Gasteiger partial charge in [0.2, 0.25) is 0 Å². The molecule has 0 spiro atoms. The zero-order chi connectivity index (χ0) is 48.9. The van der Waals surface area contributed by atoms with E-state index in [1.165, 1.54) is 11.1 Å². The summed E-state index contributed by atoms with van der Waals surface area (Å²) in [6.07, 6.45) is 5.64. The number of aryl methyl sites for hydroxylation is 1. The fraction of sp³-hybridized carbons (Fsp3) is 0.0143. The zero-order valence-electron chi connectivity index (χ0n) is 40.4. The molecule has 0 atom stereocenters. The monoisotopic (exact) mass is 931 g/mol. The van der Waals surface area contributed by atoms with Crippen molar-refractivity contribution in [2.45, 2.75) is 6.92 Å². The number of hydrogen-bond acceptors (Lipinski definition) is 3. The molecule has 0 aliphatic carbocycles. The highest BCUT2D eigenvalue weighted by molar-refractivity contribution is 5.97. The van der Waals surface area contributed by atoms with Crippen molar-refractivity contribution in [3.05, 3.63) is 285 Å². The fourth-order valence-electron chi connectivity index (χ4n) is 10.0. The SMILES string of the molecule is Cc1ccc(-c2ccc(-c3ccccc3-c3cc(-c4ccccc4-c4ccc(-c5ccccn5)cc4)cc(-c4ccccc4-c4ccc(-c5ccccn5)cc4)c3)c(-c3ccc(-c4ccccc4)cc3)c2)nc1. The first-order chi connectivity index (χ1) is 36.1. The summed E-state index contributed by atoms with van der Waals surface area (Å²) < 4.78 is 0. The van der Waals surface area contributed by atoms with Gasteiger partial charge in [-0.3, -0.25) is 15.0 Å². The van der Waals surface area contributed by atoms with E-state index in [0.29, 0.717) is 0 Å². The molecule has 0 saturated heterocycles. The third kappa shape index (κ3) is 9.32. The molecule has 0 unspecified atom stereocenters. The molecular weight excluding hydrogens is 883 g/mol. The Morgan fingerprint density at radius 2 is 0.562 bits per heavy atom. The lowest BCUT2D eigenvalue weighted by Crippen LogP contribution is -1.94.